The van der Waals surface area contributed by atoms with Crippen LogP contribution >= 0.6 is 0 Å². The fraction of sp³-hybridized carbons (Fsp3) is 0.818. The normalized spacial score (nSPS) is 35.3. The molecule has 0 unspecified atom stereocenters. The maximum atomic E-state index is 12.7. The number of rotatable bonds is 6. The summed E-state index contributed by atoms with van der Waals surface area (Å²) in [5, 5.41) is 7.59. The molecule has 4 bridgehead atoms. The van der Waals surface area contributed by atoms with E-state index in [2.05, 4.69) is 22.4 Å². The van der Waals surface area contributed by atoms with Crippen LogP contribution < -0.4 is 5.32 Å². The average molecular weight is 371 g/mol. The van der Waals surface area contributed by atoms with Gasteiger partial charge in [0.15, 0.2) is 0 Å². The largest absolute Gasteiger partial charge is 0.310 e. The Morgan fingerprint density at radius 3 is 2.44 bits per heavy atom. The molecule has 0 aromatic carbocycles. The van der Waals surface area contributed by atoms with Gasteiger partial charge in [0, 0.05) is 12.6 Å². The second-order valence-corrected chi connectivity index (χ2v) is 10.2. The minimum Gasteiger partial charge on any atom is -0.310 e. The van der Waals surface area contributed by atoms with Gasteiger partial charge in [0.25, 0.3) is 0 Å². The van der Waals surface area contributed by atoms with Crippen molar-refractivity contribution in [3.63, 3.8) is 0 Å². The van der Waals surface area contributed by atoms with Crippen LogP contribution in [0.15, 0.2) is 12.3 Å². The molecule has 5 aliphatic rings. The van der Waals surface area contributed by atoms with Gasteiger partial charge in [0.05, 0.1) is 18.8 Å². The Kier molecular flexibility index (Phi) is 4.53. The third-order valence-corrected chi connectivity index (χ3v) is 7.79. The Hall–Kier alpha value is -1.36. The van der Waals surface area contributed by atoms with Gasteiger partial charge in [-0.2, -0.15) is 5.10 Å². The number of nitrogens with zero attached hydrogens (tertiary/aromatic N) is 3. The Balaban J connectivity index is 1.18. The number of hydrogen-bond donors (Lipinski definition) is 1. The summed E-state index contributed by atoms with van der Waals surface area (Å²) in [5.74, 6) is 3.88. The molecule has 27 heavy (non-hydrogen) atoms. The molecule has 5 heteroatoms. The molecule has 0 radical (unpaired) electrons. The van der Waals surface area contributed by atoms with E-state index in [4.69, 9.17) is 0 Å². The molecule has 0 aliphatic heterocycles. The zero-order valence-corrected chi connectivity index (χ0v) is 16.7. The van der Waals surface area contributed by atoms with E-state index in [9.17, 15) is 4.79 Å². The van der Waals surface area contributed by atoms with E-state index in [0.717, 1.165) is 30.1 Å². The van der Waals surface area contributed by atoms with E-state index in [0.29, 0.717) is 18.0 Å². The molecule has 1 amide bonds. The summed E-state index contributed by atoms with van der Waals surface area (Å²) in [6.07, 6.45) is 15.4. The van der Waals surface area contributed by atoms with Gasteiger partial charge in [0.1, 0.15) is 5.82 Å². The summed E-state index contributed by atoms with van der Waals surface area (Å²) in [7, 11) is 2.13. The molecular formula is C22H34N4O. The molecule has 1 heterocycles. The van der Waals surface area contributed by atoms with Gasteiger partial charge in [0.2, 0.25) is 5.91 Å². The summed E-state index contributed by atoms with van der Waals surface area (Å²) in [4.78, 5) is 15.0. The number of amides is 1. The summed E-state index contributed by atoms with van der Waals surface area (Å²) >= 11 is 0. The lowest BCUT2D eigenvalue weighted by atomic mass is 9.49. The van der Waals surface area contributed by atoms with E-state index in [1.807, 2.05) is 16.9 Å². The number of nitrogens with one attached hydrogen (secondary N) is 1. The lowest BCUT2D eigenvalue weighted by molar-refractivity contribution is -0.118. The van der Waals surface area contributed by atoms with Crippen molar-refractivity contribution < 1.29 is 4.79 Å². The lowest BCUT2D eigenvalue weighted by Crippen LogP contribution is -2.51. The van der Waals surface area contributed by atoms with Crippen molar-refractivity contribution in [1.82, 2.24) is 14.7 Å². The van der Waals surface area contributed by atoms with Crippen LogP contribution in [-0.4, -0.2) is 40.7 Å². The predicted octanol–water partition coefficient (Wildman–Crippen LogP) is 4.08. The summed E-state index contributed by atoms with van der Waals surface area (Å²) in [5.41, 5.74) is 0.495. The molecule has 0 saturated heterocycles. The first-order chi connectivity index (χ1) is 13.1. The average Bonchev–Trinajstić information content (AvgIpc) is 3.23. The zero-order valence-electron chi connectivity index (χ0n) is 16.7. The first-order valence-electron chi connectivity index (χ1n) is 11.1. The maximum absolute atomic E-state index is 12.7. The number of aromatic nitrogens is 2. The Labute approximate surface area is 162 Å². The van der Waals surface area contributed by atoms with Crippen molar-refractivity contribution in [1.29, 1.82) is 0 Å². The molecule has 5 aliphatic carbocycles. The van der Waals surface area contributed by atoms with Crippen LogP contribution in [0.4, 0.5) is 5.82 Å². The number of carbonyl (C=O) groups excluding carboxylic acids is 1. The van der Waals surface area contributed by atoms with Crippen LogP contribution in [0.1, 0.15) is 70.3 Å². The van der Waals surface area contributed by atoms with Crippen LogP contribution in [0.5, 0.6) is 0 Å². The van der Waals surface area contributed by atoms with E-state index < -0.39 is 0 Å². The molecule has 5 nitrogen and oxygen atoms in total. The minimum atomic E-state index is 0.0991. The van der Waals surface area contributed by atoms with Gasteiger partial charge in [-0.05, 0) is 81.6 Å². The Morgan fingerprint density at radius 1 is 1.19 bits per heavy atom. The third kappa shape index (κ3) is 3.55. The molecule has 0 atom stereocenters. The topological polar surface area (TPSA) is 50.2 Å². The second kappa shape index (κ2) is 6.91. The first-order valence-corrected chi connectivity index (χ1v) is 11.1. The molecule has 1 aromatic rings. The van der Waals surface area contributed by atoms with E-state index in [-0.39, 0.29) is 5.91 Å². The fourth-order valence-electron chi connectivity index (χ4n) is 7.39. The number of likely N-dealkylation sites (N-methyl/N-ethyl adjacent to an activating group) is 1. The van der Waals surface area contributed by atoms with Crippen molar-refractivity contribution in [3.05, 3.63) is 12.3 Å². The number of carbonyl (C=O) groups is 1. The number of hydrogen-bond acceptors (Lipinski definition) is 3. The third-order valence-electron chi connectivity index (χ3n) is 7.79. The molecule has 1 aromatic heterocycles. The first kappa shape index (κ1) is 17.7. The Bertz CT molecular complexity index is 655. The van der Waals surface area contributed by atoms with Gasteiger partial charge in [-0.3, -0.25) is 9.69 Å². The van der Waals surface area contributed by atoms with Gasteiger partial charge < -0.3 is 5.32 Å². The highest BCUT2D eigenvalue weighted by Gasteiger charge is 2.51. The van der Waals surface area contributed by atoms with Crippen molar-refractivity contribution in [2.45, 2.75) is 70.3 Å². The van der Waals surface area contributed by atoms with Crippen molar-refractivity contribution in [2.75, 3.05) is 25.5 Å². The highest BCUT2D eigenvalue weighted by molar-refractivity contribution is 5.91. The SMILES string of the molecule is CN(CC(=O)Nc1ccnn1C1CCCC1)CC12CC3CC(CC(C3)C1)C2. The standard InChI is InChI=1S/C22H34N4O/c1-25(15-22-11-16-8-17(12-22)10-18(9-16)13-22)14-21(27)24-20-6-7-23-26(20)19-4-2-3-5-19/h6-7,16-19H,2-5,8-15H2,1H3,(H,24,27). The predicted molar refractivity (Wildman–Crippen MR) is 106 cm³/mol. The minimum absolute atomic E-state index is 0.0991. The fourth-order valence-corrected chi connectivity index (χ4v) is 7.39. The van der Waals surface area contributed by atoms with Crippen molar-refractivity contribution >= 4 is 11.7 Å². The molecule has 148 valence electrons. The lowest BCUT2D eigenvalue weighted by Gasteiger charge is -2.57. The summed E-state index contributed by atoms with van der Waals surface area (Å²) in [6, 6.07) is 2.40. The van der Waals surface area contributed by atoms with Gasteiger partial charge in [-0.15, -0.1) is 0 Å². The monoisotopic (exact) mass is 370 g/mol. The van der Waals surface area contributed by atoms with Gasteiger partial charge in [-0.1, -0.05) is 12.8 Å². The maximum Gasteiger partial charge on any atom is 0.239 e. The van der Waals surface area contributed by atoms with Gasteiger partial charge in [-0.25, -0.2) is 4.68 Å². The van der Waals surface area contributed by atoms with Gasteiger partial charge >= 0.3 is 0 Å². The second-order valence-electron chi connectivity index (χ2n) is 10.2. The zero-order chi connectivity index (χ0) is 18.4. The van der Waals surface area contributed by atoms with Crippen LogP contribution in [0, 0.1) is 23.2 Å². The summed E-state index contributed by atoms with van der Waals surface area (Å²) < 4.78 is 2.03. The molecular weight excluding hydrogens is 336 g/mol. The molecule has 1 N–H and O–H groups in total. The van der Waals surface area contributed by atoms with Crippen LogP contribution in [0.3, 0.4) is 0 Å². The van der Waals surface area contributed by atoms with E-state index in [1.54, 1.807) is 0 Å². The number of anilines is 1. The smallest absolute Gasteiger partial charge is 0.239 e. The van der Waals surface area contributed by atoms with Crippen molar-refractivity contribution in [3.8, 4) is 0 Å². The van der Waals surface area contributed by atoms with E-state index in [1.165, 1.54) is 64.2 Å². The molecule has 5 fully saturated rings. The highest BCUT2D eigenvalue weighted by atomic mass is 16.2. The molecule has 6 rings (SSSR count). The van der Waals surface area contributed by atoms with E-state index >= 15 is 0 Å². The van der Waals surface area contributed by atoms with Crippen LogP contribution in [0.25, 0.3) is 0 Å². The molecule has 5 saturated carbocycles. The highest BCUT2D eigenvalue weighted by Crippen LogP contribution is 2.60. The van der Waals surface area contributed by atoms with Crippen LogP contribution in [-0.2, 0) is 4.79 Å². The Morgan fingerprint density at radius 2 is 1.81 bits per heavy atom. The summed E-state index contributed by atoms with van der Waals surface area (Å²) in [6.45, 7) is 1.57. The quantitative estimate of drug-likeness (QED) is 0.821. The van der Waals surface area contributed by atoms with Crippen molar-refractivity contribution in [2.24, 2.45) is 23.2 Å². The van der Waals surface area contributed by atoms with Crippen LogP contribution in [0.2, 0.25) is 0 Å². The molecule has 0 spiro atoms.